The Bertz CT molecular complexity index is 376. The van der Waals surface area contributed by atoms with Gasteiger partial charge in [-0.25, -0.2) is 0 Å². The number of carbonyl (C=O) groups is 2. The zero-order valence-electron chi connectivity index (χ0n) is 10.8. The molecule has 100 valence electrons. The molecule has 0 aliphatic heterocycles. The number of rotatable bonds is 7. The maximum atomic E-state index is 11.8. The summed E-state index contributed by atoms with van der Waals surface area (Å²) in [5.41, 5.74) is 1.20. The molecule has 0 aliphatic carbocycles. The Hall–Kier alpha value is -1.36. The lowest BCUT2D eigenvalue weighted by Crippen LogP contribution is -2.28. The summed E-state index contributed by atoms with van der Waals surface area (Å²) in [6, 6.07) is 2.04. The molecular formula is C13H19NO3S. The summed E-state index contributed by atoms with van der Waals surface area (Å²) in [5, 5.41) is 4.07. The molecule has 0 aliphatic rings. The first-order chi connectivity index (χ1) is 8.63. The molecular weight excluding hydrogens is 250 g/mol. The van der Waals surface area contributed by atoms with Gasteiger partial charge < -0.3 is 9.64 Å². The SMILES string of the molecule is COC(=O)CCCN(C)C(=O)CCc1ccsc1. The first-order valence-corrected chi connectivity index (χ1v) is 6.89. The molecule has 0 saturated carbocycles. The van der Waals surface area contributed by atoms with Gasteiger partial charge in [-0.2, -0.15) is 11.3 Å². The van der Waals surface area contributed by atoms with Gasteiger partial charge in [-0.1, -0.05) is 0 Å². The average Bonchev–Trinajstić information content (AvgIpc) is 2.88. The van der Waals surface area contributed by atoms with Gasteiger partial charge in [-0.15, -0.1) is 0 Å². The molecule has 0 unspecified atom stereocenters. The smallest absolute Gasteiger partial charge is 0.305 e. The minimum atomic E-state index is -0.228. The van der Waals surface area contributed by atoms with Gasteiger partial charge in [-0.05, 0) is 35.2 Å². The highest BCUT2D eigenvalue weighted by Gasteiger charge is 2.09. The molecule has 0 atom stereocenters. The lowest BCUT2D eigenvalue weighted by atomic mass is 10.2. The van der Waals surface area contributed by atoms with Crippen LogP contribution in [0.1, 0.15) is 24.8 Å². The van der Waals surface area contributed by atoms with Crippen LogP contribution in [0.15, 0.2) is 16.8 Å². The van der Waals surface area contributed by atoms with Gasteiger partial charge in [0.25, 0.3) is 0 Å². The van der Waals surface area contributed by atoms with E-state index in [9.17, 15) is 9.59 Å². The fraction of sp³-hybridized carbons (Fsp3) is 0.538. The number of nitrogens with zero attached hydrogens (tertiary/aromatic N) is 1. The fourth-order valence-corrected chi connectivity index (χ4v) is 2.27. The summed E-state index contributed by atoms with van der Waals surface area (Å²) < 4.78 is 4.55. The summed E-state index contributed by atoms with van der Waals surface area (Å²) in [6.07, 6.45) is 2.31. The summed E-state index contributed by atoms with van der Waals surface area (Å²) >= 11 is 1.64. The van der Waals surface area contributed by atoms with Crippen LogP contribution in [-0.4, -0.2) is 37.5 Å². The Morgan fingerprint density at radius 1 is 1.39 bits per heavy atom. The van der Waals surface area contributed by atoms with E-state index in [0.29, 0.717) is 25.8 Å². The lowest BCUT2D eigenvalue weighted by molar-refractivity contribution is -0.141. The van der Waals surface area contributed by atoms with Crippen molar-refractivity contribution in [2.24, 2.45) is 0 Å². The van der Waals surface area contributed by atoms with Crippen LogP contribution in [0.5, 0.6) is 0 Å². The third-order valence-corrected chi connectivity index (χ3v) is 3.47. The van der Waals surface area contributed by atoms with Crippen molar-refractivity contribution in [3.05, 3.63) is 22.4 Å². The highest BCUT2D eigenvalue weighted by atomic mass is 32.1. The predicted molar refractivity (Wildman–Crippen MR) is 71.5 cm³/mol. The van der Waals surface area contributed by atoms with E-state index >= 15 is 0 Å². The van der Waals surface area contributed by atoms with Crippen molar-refractivity contribution in [1.29, 1.82) is 0 Å². The third-order valence-electron chi connectivity index (χ3n) is 2.74. The summed E-state index contributed by atoms with van der Waals surface area (Å²) in [5.74, 6) is -0.111. The second kappa shape index (κ2) is 7.87. The maximum Gasteiger partial charge on any atom is 0.305 e. The van der Waals surface area contributed by atoms with Gasteiger partial charge in [-0.3, -0.25) is 9.59 Å². The maximum absolute atomic E-state index is 11.8. The molecule has 0 N–H and O–H groups in total. The van der Waals surface area contributed by atoms with Crippen LogP contribution in [0, 0.1) is 0 Å². The van der Waals surface area contributed by atoms with Gasteiger partial charge in [0.05, 0.1) is 7.11 Å². The number of esters is 1. The Kier molecular flexibility index (Phi) is 6.43. The largest absolute Gasteiger partial charge is 0.469 e. The molecule has 1 heterocycles. The predicted octanol–water partition coefficient (Wildman–Crippen LogP) is 2.09. The van der Waals surface area contributed by atoms with Gasteiger partial charge in [0.1, 0.15) is 0 Å². The standard InChI is InChI=1S/C13H19NO3S/c1-14(8-3-4-13(16)17-2)12(15)6-5-11-7-9-18-10-11/h7,9-10H,3-6,8H2,1-2H3. The zero-order valence-corrected chi connectivity index (χ0v) is 11.7. The van der Waals surface area contributed by atoms with E-state index < -0.39 is 0 Å². The number of hydrogen-bond acceptors (Lipinski definition) is 4. The quantitative estimate of drug-likeness (QED) is 0.712. The number of carbonyl (C=O) groups excluding carboxylic acids is 2. The van der Waals surface area contributed by atoms with Gasteiger partial charge >= 0.3 is 5.97 Å². The molecule has 5 heteroatoms. The van der Waals surface area contributed by atoms with Crippen LogP contribution < -0.4 is 0 Å². The molecule has 0 spiro atoms. The van der Waals surface area contributed by atoms with Gasteiger partial charge in [0, 0.05) is 26.4 Å². The van der Waals surface area contributed by atoms with Crippen molar-refractivity contribution < 1.29 is 14.3 Å². The van der Waals surface area contributed by atoms with E-state index in [4.69, 9.17) is 0 Å². The highest BCUT2D eigenvalue weighted by Crippen LogP contribution is 2.09. The van der Waals surface area contributed by atoms with Crippen molar-refractivity contribution in [1.82, 2.24) is 4.90 Å². The van der Waals surface area contributed by atoms with Crippen molar-refractivity contribution in [2.75, 3.05) is 20.7 Å². The Morgan fingerprint density at radius 3 is 2.78 bits per heavy atom. The number of hydrogen-bond donors (Lipinski definition) is 0. The number of amides is 1. The van der Waals surface area contributed by atoms with E-state index in [2.05, 4.69) is 10.1 Å². The minimum absolute atomic E-state index is 0.117. The Balaban J connectivity index is 2.18. The first kappa shape index (κ1) is 14.7. The molecule has 4 nitrogen and oxygen atoms in total. The van der Waals surface area contributed by atoms with Crippen molar-refractivity contribution >= 4 is 23.2 Å². The second-order valence-electron chi connectivity index (χ2n) is 4.13. The number of thiophene rings is 1. The highest BCUT2D eigenvalue weighted by molar-refractivity contribution is 7.07. The first-order valence-electron chi connectivity index (χ1n) is 5.95. The normalized spacial score (nSPS) is 10.1. The number of aryl methyl sites for hydroxylation is 1. The van der Waals surface area contributed by atoms with Crippen LogP contribution in [0.4, 0.5) is 0 Å². The monoisotopic (exact) mass is 269 g/mol. The summed E-state index contributed by atoms with van der Waals surface area (Å²) in [7, 11) is 3.14. The molecule has 18 heavy (non-hydrogen) atoms. The molecule has 1 amide bonds. The Labute approximate surface area is 112 Å². The van der Waals surface area contributed by atoms with Crippen LogP contribution in [0.25, 0.3) is 0 Å². The van der Waals surface area contributed by atoms with E-state index in [0.717, 1.165) is 6.42 Å². The Morgan fingerprint density at radius 2 is 2.17 bits per heavy atom. The zero-order chi connectivity index (χ0) is 13.4. The van der Waals surface area contributed by atoms with Crippen molar-refractivity contribution in [3.63, 3.8) is 0 Å². The molecule has 0 aromatic carbocycles. The van der Waals surface area contributed by atoms with Gasteiger partial charge in [0.2, 0.25) is 5.91 Å². The third kappa shape index (κ3) is 5.31. The average molecular weight is 269 g/mol. The summed E-state index contributed by atoms with van der Waals surface area (Å²) in [4.78, 5) is 24.4. The topological polar surface area (TPSA) is 46.6 Å². The summed E-state index contributed by atoms with van der Waals surface area (Å²) in [6.45, 7) is 0.595. The second-order valence-corrected chi connectivity index (χ2v) is 4.91. The molecule has 1 aromatic rings. The molecule has 1 rings (SSSR count). The molecule has 0 radical (unpaired) electrons. The van der Waals surface area contributed by atoms with Crippen molar-refractivity contribution in [3.8, 4) is 0 Å². The fourth-order valence-electron chi connectivity index (χ4n) is 1.56. The van der Waals surface area contributed by atoms with E-state index in [1.165, 1.54) is 12.7 Å². The van der Waals surface area contributed by atoms with Crippen LogP contribution in [0.2, 0.25) is 0 Å². The van der Waals surface area contributed by atoms with E-state index in [1.54, 1.807) is 23.3 Å². The van der Waals surface area contributed by atoms with Gasteiger partial charge in [0.15, 0.2) is 0 Å². The van der Waals surface area contributed by atoms with Crippen LogP contribution in [0.3, 0.4) is 0 Å². The lowest BCUT2D eigenvalue weighted by Gasteiger charge is -2.16. The minimum Gasteiger partial charge on any atom is -0.469 e. The number of methoxy groups -OCH3 is 1. The molecule has 1 aromatic heterocycles. The molecule has 0 fully saturated rings. The van der Waals surface area contributed by atoms with Crippen LogP contribution in [-0.2, 0) is 20.7 Å². The van der Waals surface area contributed by atoms with E-state index in [1.807, 2.05) is 11.4 Å². The van der Waals surface area contributed by atoms with Crippen molar-refractivity contribution in [2.45, 2.75) is 25.7 Å². The molecule has 0 saturated heterocycles. The van der Waals surface area contributed by atoms with Crippen LogP contribution >= 0.6 is 11.3 Å². The molecule has 0 bridgehead atoms. The number of ether oxygens (including phenoxy) is 1. The van der Waals surface area contributed by atoms with E-state index in [-0.39, 0.29) is 11.9 Å².